The van der Waals surface area contributed by atoms with Gasteiger partial charge in [-0.3, -0.25) is 0 Å². The molecule has 1 aliphatic rings. The number of carbonyl (C=O) groups is 1. The molecule has 0 spiro atoms. The Balaban J connectivity index is 1.53. The molecule has 10 heteroatoms. The second kappa shape index (κ2) is 10.7. The van der Waals surface area contributed by atoms with E-state index < -0.39 is 22.1 Å². The number of esters is 1. The highest BCUT2D eigenvalue weighted by Gasteiger charge is 2.32. The van der Waals surface area contributed by atoms with Gasteiger partial charge in [-0.05, 0) is 60.7 Å². The van der Waals surface area contributed by atoms with Crippen LogP contribution in [0.1, 0.15) is 15.9 Å². The molecule has 0 bridgehead atoms. The molecule has 0 radical (unpaired) electrons. The Kier molecular flexibility index (Phi) is 7.44. The highest BCUT2D eigenvalue weighted by atomic mass is 32.2. The van der Waals surface area contributed by atoms with E-state index in [0.717, 1.165) is 0 Å². The van der Waals surface area contributed by atoms with Crippen LogP contribution in [-0.2, 0) is 14.8 Å². The average molecular weight is 511 g/mol. The maximum Gasteiger partial charge on any atom is 0.338 e. The van der Waals surface area contributed by atoms with E-state index >= 15 is 0 Å². The van der Waals surface area contributed by atoms with Gasteiger partial charge in [-0.25, -0.2) is 4.79 Å². The Bertz CT molecular complexity index is 1350. The van der Waals surface area contributed by atoms with E-state index in [0.29, 0.717) is 28.4 Å². The molecule has 0 unspecified atom stereocenters. The van der Waals surface area contributed by atoms with Gasteiger partial charge in [-0.15, -0.1) is 4.40 Å². The number of likely N-dealkylation sites (N-methyl/N-ethyl adjacent to an activating group) is 1. The molecule has 36 heavy (non-hydrogen) atoms. The van der Waals surface area contributed by atoms with Crippen LogP contribution in [0.2, 0.25) is 0 Å². The Labute approximate surface area is 209 Å². The fraction of sp³-hybridized carbons (Fsp3) is 0.231. The Morgan fingerprint density at radius 2 is 1.47 bits per heavy atom. The second-order valence-corrected chi connectivity index (χ2v) is 9.58. The van der Waals surface area contributed by atoms with Crippen molar-refractivity contribution in [1.29, 1.82) is 0 Å². The van der Waals surface area contributed by atoms with Gasteiger partial charge in [-0.2, -0.15) is 8.42 Å². The Morgan fingerprint density at radius 3 is 2.11 bits per heavy atom. The van der Waals surface area contributed by atoms with Gasteiger partial charge in [0.05, 0.1) is 26.3 Å². The van der Waals surface area contributed by atoms with Gasteiger partial charge in [0, 0.05) is 12.6 Å². The lowest BCUT2D eigenvalue weighted by atomic mass is 10.2. The van der Waals surface area contributed by atoms with Crippen molar-refractivity contribution in [3.05, 3.63) is 83.9 Å². The third-order valence-corrected chi connectivity index (χ3v) is 6.87. The topological polar surface area (TPSA) is 104 Å². The van der Waals surface area contributed by atoms with Gasteiger partial charge in [0.1, 0.15) is 28.8 Å². The molecule has 0 saturated heterocycles. The zero-order chi connectivity index (χ0) is 25.7. The van der Waals surface area contributed by atoms with Crippen LogP contribution in [-0.4, -0.2) is 65.6 Å². The van der Waals surface area contributed by atoms with E-state index in [1.807, 2.05) is 0 Å². The SMILES string of the molecule is COc1ccc(OC[C@@H](CN(C)C2=NS(=O)(=O)c3ccccc32)OC(=O)c2ccc(OC)cc2)cc1. The van der Waals surface area contributed by atoms with Crippen LogP contribution in [0, 0.1) is 0 Å². The van der Waals surface area contributed by atoms with Gasteiger partial charge in [0.15, 0.2) is 11.9 Å². The normalized spacial score (nSPS) is 14.2. The number of fused-ring (bicyclic) bond motifs is 1. The third-order valence-electron chi connectivity index (χ3n) is 5.55. The summed E-state index contributed by atoms with van der Waals surface area (Å²) in [6.45, 7) is 0.168. The largest absolute Gasteiger partial charge is 0.497 e. The molecule has 3 aromatic rings. The molecule has 1 aliphatic heterocycles. The van der Waals surface area contributed by atoms with Gasteiger partial charge in [0.25, 0.3) is 10.0 Å². The van der Waals surface area contributed by atoms with Crippen LogP contribution in [0.3, 0.4) is 0 Å². The summed E-state index contributed by atoms with van der Waals surface area (Å²) < 4.78 is 50.9. The fourth-order valence-electron chi connectivity index (χ4n) is 3.69. The predicted octanol–water partition coefficient (Wildman–Crippen LogP) is 3.39. The number of ether oxygens (including phenoxy) is 4. The molecule has 0 aromatic heterocycles. The van der Waals surface area contributed by atoms with Gasteiger partial charge in [0.2, 0.25) is 0 Å². The van der Waals surface area contributed by atoms with Crippen LogP contribution in [0.5, 0.6) is 17.2 Å². The molecule has 9 nitrogen and oxygen atoms in total. The van der Waals surface area contributed by atoms with Crippen LogP contribution < -0.4 is 14.2 Å². The molecule has 0 fully saturated rings. The summed E-state index contributed by atoms with van der Waals surface area (Å²) in [5.41, 5.74) is 0.843. The highest BCUT2D eigenvalue weighted by molar-refractivity contribution is 7.90. The molecule has 0 aliphatic carbocycles. The summed E-state index contributed by atoms with van der Waals surface area (Å²) in [7, 11) is 1.02. The van der Waals surface area contributed by atoms with E-state index in [1.54, 1.807) is 92.9 Å². The smallest absolute Gasteiger partial charge is 0.338 e. The number of sulfonamides is 1. The molecule has 0 saturated carbocycles. The van der Waals surface area contributed by atoms with Crippen molar-refractivity contribution in [2.75, 3.05) is 34.4 Å². The number of methoxy groups -OCH3 is 2. The van der Waals surface area contributed by atoms with E-state index in [1.165, 1.54) is 6.07 Å². The Morgan fingerprint density at radius 1 is 0.889 bits per heavy atom. The van der Waals surface area contributed by atoms with E-state index in [4.69, 9.17) is 18.9 Å². The first kappa shape index (κ1) is 25.1. The van der Waals surface area contributed by atoms with Crippen molar-refractivity contribution in [2.24, 2.45) is 4.40 Å². The first-order chi connectivity index (χ1) is 17.3. The summed E-state index contributed by atoms with van der Waals surface area (Å²) in [4.78, 5) is 14.7. The van der Waals surface area contributed by atoms with Crippen molar-refractivity contribution >= 4 is 21.8 Å². The molecule has 1 atom stereocenters. The van der Waals surface area contributed by atoms with Gasteiger partial charge in [-0.1, -0.05) is 12.1 Å². The second-order valence-electron chi connectivity index (χ2n) is 8.01. The molecular formula is C26H26N2O7S. The number of rotatable bonds is 9. The lowest BCUT2D eigenvalue weighted by Crippen LogP contribution is -2.39. The van der Waals surface area contributed by atoms with Gasteiger partial charge >= 0.3 is 5.97 Å². The number of hydrogen-bond donors (Lipinski definition) is 0. The number of hydrogen-bond acceptors (Lipinski definition) is 8. The number of benzene rings is 3. The number of nitrogens with zero attached hydrogens (tertiary/aromatic N) is 2. The van der Waals surface area contributed by atoms with Gasteiger partial charge < -0.3 is 23.8 Å². The summed E-state index contributed by atoms with van der Waals surface area (Å²) in [5.74, 6) is 1.60. The molecule has 0 N–H and O–H groups in total. The molecule has 4 rings (SSSR count). The minimum atomic E-state index is -3.79. The van der Waals surface area contributed by atoms with Crippen molar-refractivity contribution in [3.8, 4) is 17.2 Å². The summed E-state index contributed by atoms with van der Waals surface area (Å²) in [6, 6.07) is 20.2. The average Bonchev–Trinajstić information content (AvgIpc) is 3.18. The van der Waals surface area contributed by atoms with Crippen LogP contribution in [0.25, 0.3) is 0 Å². The molecule has 0 amide bonds. The monoisotopic (exact) mass is 510 g/mol. The van der Waals surface area contributed by atoms with Crippen molar-refractivity contribution in [2.45, 2.75) is 11.0 Å². The molecule has 3 aromatic carbocycles. The van der Waals surface area contributed by atoms with Crippen LogP contribution in [0.15, 0.2) is 82.1 Å². The van der Waals surface area contributed by atoms with E-state index in [-0.39, 0.29) is 23.9 Å². The molecule has 1 heterocycles. The first-order valence-corrected chi connectivity index (χ1v) is 12.5. The van der Waals surface area contributed by atoms with Crippen molar-refractivity contribution in [1.82, 2.24) is 4.90 Å². The highest BCUT2D eigenvalue weighted by Crippen LogP contribution is 2.27. The van der Waals surface area contributed by atoms with Crippen LogP contribution in [0.4, 0.5) is 0 Å². The third kappa shape index (κ3) is 5.60. The summed E-state index contributed by atoms with van der Waals surface area (Å²) >= 11 is 0. The zero-order valence-electron chi connectivity index (χ0n) is 20.1. The predicted molar refractivity (Wildman–Crippen MR) is 133 cm³/mol. The zero-order valence-corrected chi connectivity index (χ0v) is 20.9. The molecular weight excluding hydrogens is 484 g/mol. The Hall–Kier alpha value is -4.05. The maximum absolute atomic E-state index is 12.9. The van der Waals surface area contributed by atoms with Crippen LogP contribution >= 0.6 is 0 Å². The quantitative estimate of drug-likeness (QED) is 0.404. The minimum absolute atomic E-state index is 0.0280. The summed E-state index contributed by atoms with van der Waals surface area (Å²) in [5, 5.41) is 0. The number of amidine groups is 1. The van der Waals surface area contributed by atoms with E-state index in [9.17, 15) is 13.2 Å². The minimum Gasteiger partial charge on any atom is -0.497 e. The van der Waals surface area contributed by atoms with Crippen molar-refractivity contribution < 1.29 is 32.2 Å². The molecule has 188 valence electrons. The maximum atomic E-state index is 12.9. The lowest BCUT2D eigenvalue weighted by molar-refractivity contribution is 0.0130. The lowest BCUT2D eigenvalue weighted by Gasteiger charge is -2.26. The standard InChI is InChI=1S/C26H26N2O7S/c1-28(25-23-6-4-5-7-24(23)36(30,31)27-25)16-22(17-34-21-14-12-20(33-3)13-15-21)35-26(29)18-8-10-19(32-2)11-9-18/h4-15,22H,16-17H2,1-3H3/t22-/m1/s1. The summed E-state index contributed by atoms with van der Waals surface area (Å²) in [6.07, 6.45) is -0.745. The first-order valence-electron chi connectivity index (χ1n) is 11.1. The number of carbonyl (C=O) groups excluding carboxylic acids is 1. The van der Waals surface area contributed by atoms with E-state index in [2.05, 4.69) is 4.40 Å². The van der Waals surface area contributed by atoms with Crippen molar-refractivity contribution in [3.63, 3.8) is 0 Å². The fourth-order valence-corrected chi connectivity index (χ4v) is 4.94.